The molecule has 0 unspecified atom stereocenters. The fourth-order valence-corrected chi connectivity index (χ4v) is 1.67. The molecule has 2 aromatic rings. The lowest BCUT2D eigenvalue weighted by molar-refractivity contribution is 0.453. The summed E-state index contributed by atoms with van der Waals surface area (Å²) < 4.78 is 6.59. The molecule has 1 aromatic heterocycles. The van der Waals surface area contributed by atoms with E-state index < -0.39 is 0 Å². The molecule has 0 aliphatic rings. The third-order valence-corrected chi connectivity index (χ3v) is 2.77. The molecule has 0 fully saturated rings. The molecule has 1 aromatic carbocycles. The monoisotopic (exact) mass is 278 g/mol. The van der Waals surface area contributed by atoms with Crippen LogP contribution >= 0.6 is 15.9 Å². The highest BCUT2D eigenvalue weighted by atomic mass is 79.9. The van der Waals surface area contributed by atoms with Crippen LogP contribution in [0.2, 0.25) is 0 Å². The Morgan fingerprint density at radius 2 is 2.00 bits per heavy atom. The fourth-order valence-electron chi connectivity index (χ4n) is 1.30. The van der Waals surface area contributed by atoms with Gasteiger partial charge in [-0.05, 0) is 34.1 Å². The van der Waals surface area contributed by atoms with Crippen LogP contribution in [0.15, 0.2) is 47.1 Å². The molecule has 1 heterocycles. The summed E-state index contributed by atoms with van der Waals surface area (Å²) in [5, 5.41) is 0. The van der Waals surface area contributed by atoms with Crippen molar-refractivity contribution in [2.75, 3.05) is 0 Å². The largest absolute Gasteiger partial charge is 0.438 e. The van der Waals surface area contributed by atoms with Crippen LogP contribution in [-0.2, 0) is 6.54 Å². The fraction of sp³-hybridized carbons (Fsp3) is 0.0833. The zero-order valence-electron chi connectivity index (χ0n) is 8.56. The smallest absolute Gasteiger partial charge is 0.223 e. The number of nitrogens with zero attached hydrogens (tertiary/aromatic N) is 1. The number of ether oxygens (including phenoxy) is 1. The van der Waals surface area contributed by atoms with Crippen LogP contribution in [0, 0.1) is 0 Å². The number of hydrogen-bond acceptors (Lipinski definition) is 3. The number of halogens is 1. The predicted octanol–water partition coefficient (Wildman–Crippen LogP) is 3.10. The van der Waals surface area contributed by atoms with Crippen LogP contribution in [-0.4, -0.2) is 4.98 Å². The van der Waals surface area contributed by atoms with Crippen molar-refractivity contribution in [1.82, 2.24) is 4.98 Å². The third-order valence-electron chi connectivity index (χ3n) is 2.11. The van der Waals surface area contributed by atoms with Crippen LogP contribution in [0.25, 0.3) is 0 Å². The van der Waals surface area contributed by atoms with Crippen LogP contribution in [0.3, 0.4) is 0 Å². The lowest BCUT2D eigenvalue weighted by Crippen LogP contribution is -2.00. The van der Waals surface area contributed by atoms with Crippen molar-refractivity contribution in [3.63, 3.8) is 0 Å². The summed E-state index contributed by atoms with van der Waals surface area (Å²) in [6, 6.07) is 11.4. The summed E-state index contributed by atoms with van der Waals surface area (Å²) in [4.78, 5) is 4.16. The molecule has 4 heteroatoms. The molecule has 0 aliphatic heterocycles. The van der Waals surface area contributed by atoms with Gasteiger partial charge in [0, 0.05) is 18.3 Å². The first-order chi connectivity index (χ1) is 7.81. The van der Waals surface area contributed by atoms with E-state index in [4.69, 9.17) is 10.5 Å². The molecule has 0 saturated carbocycles. The Labute approximate surface area is 102 Å². The number of nitrogens with two attached hydrogens (primary N) is 1. The van der Waals surface area contributed by atoms with Gasteiger partial charge in [-0.15, -0.1) is 0 Å². The number of rotatable bonds is 3. The minimum Gasteiger partial charge on any atom is -0.438 e. The molecule has 0 saturated heterocycles. The van der Waals surface area contributed by atoms with Crippen LogP contribution < -0.4 is 10.5 Å². The second-order valence-corrected chi connectivity index (χ2v) is 4.06. The summed E-state index contributed by atoms with van der Waals surface area (Å²) in [6.07, 6.45) is 1.69. The molecule has 2 rings (SSSR count). The van der Waals surface area contributed by atoms with Crippen LogP contribution in [0.4, 0.5) is 0 Å². The highest BCUT2D eigenvalue weighted by Crippen LogP contribution is 2.29. The molecular formula is C12H11BrN2O. The van der Waals surface area contributed by atoms with E-state index in [1.54, 1.807) is 6.20 Å². The summed E-state index contributed by atoms with van der Waals surface area (Å²) >= 11 is 3.42. The maximum absolute atomic E-state index is 5.69. The van der Waals surface area contributed by atoms with Crippen molar-refractivity contribution in [2.24, 2.45) is 5.73 Å². The van der Waals surface area contributed by atoms with Gasteiger partial charge in [-0.25, -0.2) is 4.98 Å². The first-order valence-electron chi connectivity index (χ1n) is 4.87. The Kier molecular flexibility index (Phi) is 3.54. The van der Waals surface area contributed by atoms with E-state index in [0.29, 0.717) is 12.4 Å². The molecule has 0 amide bonds. The van der Waals surface area contributed by atoms with Crippen molar-refractivity contribution in [3.8, 4) is 11.6 Å². The van der Waals surface area contributed by atoms with Gasteiger partial charge in [0.05, 0.1) is 4.47 Å². The van der Waals surface area contributed by atoms with E-state index in [1.807, 2.05) is 36.4 Å². The minimum absolute atomic E-state index is 0.410. The number of pyridine rings is 1. The van der Waals surface area contributed by atoms with Crippen LogP contribution in [0.1, 0.15) is 5.56 Å². The molecule has 2 N–H and O–H groups in total. The maximum atomic E-state index is 5.69. The summed E-state index contributed by atoms with van der Waals surface area (Å²) in [5.74, 6) is 1.29. The molecular weight excluding hydrogens is 268 g/mol. The van der Waals surface area contributed by atoms with Crippen molar-refractivity contribution in [2.45, 2.75) is 6.54 Å². The number of hydrogen-bond donors (Lipinski definition) is 1. The Morgan fingerprint density at radius 3 is 2.75 bits per heavy atom. The number of benzene rings is 1. The zero-order valence-corrected chi connectivity index (χ0v) is 10.1. The van der Waals surface area contributed by atoms with E-state index in [1.165, 1.54) is 0 Å². The van der Waals surface area contributed by atoms with Gasteiger partial charge in [0.25, 0.3) is 0 Å². The first kappa shape index (κ1) is 11.1. The van der Waals surface area contributed by atoms with Gasteiger partial charge in [-0.1, -0.05) is 18.2 Å². The molecule has 0 aliphatic carbocycles. The lowest BCUT2D eigenvalue weighted by atomic mass is 10.3. The SMILES string of the molecule is NCc1cccnc1Oc1ccccc1Br. The van der Waals surface area contributed by atoms with Crippen LogP contribution in [0.5, 0.6) is 11.6 Å². The van der Waals surface area contributed by atoms with E-state index in [-0.39, 0.29) is 0 Å². The Hall–Kier alpha value is -1.39. The molecule has 82 valence electrons. The zero-order chi connectivity index (χ0) is 11.4. The minimum atomic E-state index is 0.410. The third kappa shape index (κ3) is 2.40. The van der Waals surface area contributed by atoms with Crippen molar-refractivity contribution >= 4 is 15.9 Å². The quantitative estimate of drug-likeness (QED) is 0.939. The average Bonchev–Trinajstić information content (AvgIpc) is 2.33. The first-order valence-corrected chi connectivity index (χ1v) is 5.67. The molecule has 16 heavy (non-hydrogen) atoms. The second kappa shape index (κ2) is 5.09. The Bertz CT molecular complexity index is 488. The summed E-state index contributed by atoms with van der Waals surface area (Å²) in [7, 11) is 0. The second-order valence-electron chi connectivity index (χ2n) is 3.20. The standard InChI is InChI=1S/C12H11BrN2O/c13-10-5-1-2-6-11(10)16-12-9(8-14)4-3-7-15-12/h1-7H,8,14H2. The Morgan fingerprint density at radius 1 is 1.19 bits per heavy atom. The molecule has 0 spiro atoms. The van der Waals surface area contributed by atoms with Gasteiger partial charge in [-0.2, -0.15) is 0 Å². The number of para-hydroxylation sites is 1. The van der Waals surface area contributed by atoms with Crippen molar-refractivity contribution in [3.05, 3.63) is 52.6 Å². The number of aromatic nitrogens is 1. The Balaban J connectivity index is 2.30. The van der Waals surface area contributed by atoms with Gasteiger partial charge < -0.3 is 10.5 Å². The molecule has 0 bridgehead atoms. The van der Waals surface area contributed by atoms with E-state index in [0.717, 1.165) is 15.8 Å². The van der Waals surface area contributed by atoms with Gasteiger partial charge in [0.1, 0.15) is 5.75 Å². The maximum Gasteiger partial charge on any atom is 0.223 e. The summed E-state index contributed by atoms with van der Waals surface area (Å²) in [6.45, 7) is 0.410. The molecule has 0 radical (unpaired) electrons. The van der Waals surface area contributed by atoms with E-state index >= 15 is 0 Å². The van der Waals surface area contributed by atoms with E-state index in [2.05, 4.69) is 20.9 Å². The van der Waals surface area contributed by atoms with Gasteiger partial charge in [0.2, 0.25) is 5.88 Å². The van der Waals surface area contributed by atoms with E-state index in [9.17, 15) is 0 Å². The summed E-state index contributed by atoms with van der Waals surface area (Å²) in [5.41, 5.74) is 6.50. The lowest BCUT2D eigenvalue weighted by Gasteiger charge is -2.09. The topological polar surface area (TPSA) is 48.1 Å². The van der Waals surface area contributed by atoms with Gasteiger partial charge in [0.15, 0.2) is 0 Å². The predicted molar refractivity (Wildman–Crippen MR) is 66.3 cm³/mol. The van der Waals surface area contributed by atoms with Crippen molar-refractivity contribution in [1.29, 1.82) is 0 Å². The molecule has 0 atom stereocenters. The van der Waals surface area contributed by atoms with Crippen molar-refractivity contribution < 1.29 is 4.74 Å². The highest BCUT2D eigenvalue weighted by Gasteiger charge is 2.06. The van der Waals surface area contributed by atoms with Gasteiger partial charge >= 0.3 is 0 Å². The normalized spacial score (nSPS) is 10.1. The molecule has 3 nitrogen and oxygen atoms in total. The average molecular weight is 279 g/mol. The highest BCUT2D eigenvalue weighted by molar-refractivity contribution is 9.10. The van der Waals surface area contributed by atoms with Gasteiger partial charge in [-0.3, -0.25) is 0 Å².